The van der Waals surface area contributed by atoms with Crippen LogP contribution in [0.3, 0.4) is 0 Å². The van der Waals surface area contributed by atoms with Gasteiger partial charge in [0.2, 0.25) is 0 Å². The van der Waals surface area contributed by atoms with E-state index in [0.717, 1.165) is 63.8 Å². The van der Waals surface area contributed by atoms with Crippen LogP contribution in [0.25, 0.3) is 22.2 Å². The van der Waals surface area contributed by atoms with Crippen LogP contribution in [0.5, 0.6) is 0 Å². The molecule has 0 spiro atoms. The van der Waals surface area contributed by atoms with E-state index in [9.17, 15) is 5.11 Å². The van der Waals surface area contributed by atoms with Gasteiger partial charge in [-0.3, -0.25) is 14.7 Å². The molecule has 1 aliphatic heterocycles. The van der Waals surface area contributed by atoms with Crippen molar-refractivity contribution in [3.05, 3.63) is 58.9 Å². The molecule has 3 aromatic heterocycles. The molecule has 1 saturated heterocycles. The van der Waals surface area contributed by atoms with Gasteiger partial charge in [-0.05, 0) is 45.7 Å². The van der Waals surface area contributed by atoms with Crippen LogP contribution in [-0.2, 0) is 19.2 Å². The minimum atomic E-state index is -0.911. The number of para-hydroxylation sites is 1. The lowest BCUT2D eigenvalue weighted by Crippen LogP contribution is -2.42. The van der Waals surface area contributed by atoms with Crippen LogP contribution < -0.4 is 0 Å². The number of piperidine rings is 1. The van der Waals surface area contributed by atoms with Gasteiger partial charge in [-0.2, -0.15) is 10.2 Å². The van der Waals surface area contributed by atoms with E-state index < -0.39 is 5.60 Å². The summed E-state index contributed by atoms with van der Waals surface area (Å²) in [6.07, 6.45) is 1.26. The monoisotopic (exact) mass is 431 g/mol. The molecule has 1 aromatic carbocycles. The third-order valence-corrected chi connectivity index (χ3v) is 6.73. The highest BCUT2D eigenvalue weighted by Crippen LogP contribution is 2.35. The van der Waals surface area contributed by atoms with Crippen molar-refractivity contribution in [3.63, 3.8) is 0 Å². The van der Waals surface area contributed by atoms with E-state index in [1.165, 1.54) is 0 Å². The number of benzene rings is 1. The van der Waals surface area contributed by atoms with Crippen molar-refractivity contribution in [2.75, 3.05) is 13.1 Å². The second kappa shape index (κ2) is 7.79. The summed E-state index contributed by atoms with van der Waals surface area (Å²) in [5.41, 5.74) is 5.71. The van der Waals surface area contributed by atoms with E-state index >= 15 is 0 Å². The number of nitrogens with one attached hydrogen (secondary N) is 1. The zero-order valence-electron chi connectivity index (χ0n) is 19.1. The number of aromatic amines is 1. The van der Waals surface area contributed by atoms with Crippen molar-refractivity contribution < 1.29 is 5.11 Å². The molecule has 2 N–H and O–H groups in total. The first kappa shape index (κ1) is 20.8. The van der Waals surface area contributed by atoms with Crippen LogP contribution >= 0.6 is 0 Å². The number of aryl methyl sites for hydroxylation is 3. The SMILES string of the molecule is Cc1nn(C)c(C)c1-c1cc(C2(O)CCN(Cc3nc(C)c4ccccc4n3)CC2)[nH]n1. The fraction of sp³-hybridized carbons (Fsp3) is 0.417. The summed E-state index contributed by atoms with van der Waals surface area (Å²) in [5, 5.41) is 24.5. The van der Waals surface area contributed by atoms with Crippen LogP contribution in [0.15, 0.2) is 30.3 Å². The van der Waals surface area contributed by atoms with Crippen LogP contribution in [0.2, 0.25) is 0 Å². The highest BCUT2D eigenvalue weighted by molar-refractivity contribution is 5.80. The average molecular weight is 432 g/mol. The number of hydrogen-bond donors (Lipinski definition) is 2. The van der Waals surface area contributed by atoms with Gasteiger partial charge in [0.25, 0.3) is 0 Å². The number of aliphatic hydroxyl groups is 1. The summed E-state index contributed by atoms with van der Waals surface area (Å²) in [6.45, 7) is 8.28. The van der Waals surface area contributed by atoms with Gasteiger partial charge in [-0.15, -0.1) is 0 Å². The molecule has 5 rings (SSSR count). The number of rotatable bonds is 4. The molecule has 4 aromatic rings. The molecule has 8 heteroatoms. The van der Waals surface area contributed by atoms with Gasteiger partial charge in [0.1, 0.15) is 11.4 Å². The second-order valence-corrected chi connectivity index (χ2v) is 8.89. The highest BCUT2D eigenvalue weighted by atomic mass is 16.3. The molecule has 8 nitrogen and oxygen atoms in total. The largest absolute Gasteiger partial charge is 0.383 e. The zero-order chi connectivity index (χ0) is 22.5. The Morgan fingerprint density at radius 3 is 2.53 bits per heavy atom. The minimum absolute atomic E-state index is 0.631. The molecule has 0 unspecified atom stereocenters. The Morgan fingerprint density at radius 2 is 1.81 bits per heavy atom. The van der Waals surface area contributed by atoms with Gasteiger partial charge in [-0.25, -0.2) is 9.97 Å². The van der Waals surface area contributed by atoms with Crippen LogP contribution in [0.1, 0.15) is 41.4 Å². The lowest BCUT2D eigenvalue weighted by Gasteiger charge is -2.37. The lowest BCUT2D eigenvalue weighted by atomic mass is 9.88. The summed E-state index contributed by atoms with van der Waals surface area (Å²) in [5.74, 6) is 0.831. The summed E-state index contributed by atoms with van der Waals surface area (Å²) >= 11 is 0. The number of hydrogen-bond acceptors (Lipinski definition) is 6. The third-order valence-electron chi connectivity index (χ3n) is 6.73. The summed E-state index contributed by atoms with van der Waals surface area (Å²) in [4.78, 5) is 11.8. The minimum Gasteiger partial charge on any atom is -0.383 e. The Labute approximate surface area is 187 Å². The highest BCUT2D eigenvalue weighted by Gasteiger charge is 2.36. The molecule has 0 bridgehead atoms. The zero-order valence-corrected chi connectivity index (χ0v) is 19.1. The molecular formula is C24H29N7O. The smallest absolute Gasteiger partial charge is 0.143 e. The quantitative estimate of drug-likeness (QED) is 0.515. The Hall–Kier alpha value is -3.10. The fourth-order valence-electron chi connectivity index (χ4n) is 4.75. The standard InChI is InChI=1S/C24H29N7O/c1-15-18-7-5-6-8-19(18)26-22(25-15)14-31-11-9-24(32,10-12-31)21-13-20(27-28-21)23-16(2)29-30(4)17(23)3/h5-8,13,32H,9-12,14H2,1-4H3,(H,27,28). The Kier molecular flexibility index (Phi) is 5.06. The van der Waals surface area contributed by atoms with E-state index in [1.54, 1.807) is 0 Å². The lowest BCUT2D eigenvalue weighted by molar-refractivity contribution is -0.0315. The molecule has 0 saturated carbocycles. The second-order valence-electron chi connectivity index (χ2n) is 8.89. The molecule has 0 atom stereocenters. The van der Waals surface area contributed by atoms with Crippen molar-refractivity contribution in [2.45, 2.75) is 45.8 Å². The summed E-state index contributed by atoms with van der Waals surface area (Å²) < 4.78 is 1.86. The number of nitrogens with zero attached hydrogens (tertiary/aromatic N) is 6. The number of likely N-dealkylation sites (tertiary alicyclic amines) is 1. The van der Waals surface area contributed by atoms with E-state index in [0.29, 0.717) is 19.4 Å². The molecule has 1 aliphatic rings. The molecule has 0 aliphatic carbocycles. The van der Waals surface area contributed by atoms with E-state index in [2.05, 4.69) is 26.3 Å². The van der Waals surface area contributed by atoms with Crippen molar-refractivity contribution in [2.24, 2.45) is 7.05 Å². The van der Waals surface area contributed by atoms with Crippen LogP contribution in [-0.4, -0.2) is 53.0 Å². The molecule has 0 radical (unpaired) electrons. The van der Waals surface area contributed by atoms with Gasteiger partial charge in [0.15, 0.2) is 0 Å². The molecule has 166 valence electrons. The van der Waals surface area contributed by atoms with Gasteiger partial charge in [0, 0.05) is 42.5 Å². The van der Waals surface area contributed by atoms with E-state index in [1.807, 2.05) is 56.8 Å². The fourth-order valence-corrected chi connectivity index (χ4v) is 4.75. The molecule has 1 fully saturated rings. The Morgan fingerprint density at radius 1 is 1.06 bits per heavy atom. The van der Waals surface area contributed by atoms with Gasteiger partial charge in [0.05, 0.1) is 29.1 Å². The number of fused-ring (bicyclic) bond motifs is 1. The van der Waals surface area contributed by atoms with Crippen LogP contribution in [0.4, 0.5) is 0 Å². The Balaban J connectivity index is 1.30. The third kappa shape index (κ3) is 3.59. The first-order chi connectivity index (χ1) is 15.3. The van der Waals surface area contributed by atoms with Crippen molar-refractivity contribution >= 4 is 10.9 Å². The topological polar surface area (TPSA) is 95.7 Å². The number of H-pyrrole nitrogens is 1. The average Bonchev–Trinajstić information content (AvgIpc) is 3.35. The Bertz CT molecular complexity index is 1280. The molecule has 4 heterocycles. The summed E-state index contributed by atoms with van der Waals surface area (Å²) in [6, 6.07) is 10.1. The van der Waals surface area contributed by atoms with Gasteiger partial charge in [-0.1, -0.05) is 18.2 Å². The maximum atomic E-state index is 11.4. The van der Waals surface area contributed by atoms with Crippen LogP contribution in [0, 0.1) is 20.8 Å². The van der Waals surface area contributed by atoms with Crippen molar-refractivity contribution in [1.82, 2.24) is 34.8 Å². The van der Waals surface area contributed by atoms with Gasteiger partial charge >= 0.3 is 0 Å². The maximum absolute atomic E-state index is 11.4. The molecular weight excluding hydrogens is 402 g/mol. The van der Waals surface area contributed by atoms with Crippen molar-refractivity contribution in [1.29, 1.82) is 0 Å². The van der Waals surface area contributed by atoms with Gasteiger partial charge < -0.3 is 5.11 Å². The summed E-state index contributed by atoms with van der Waals surface area (Å²) in [7, 11) is 1.93. The maximum Gasteiger partial charge on any atom is 0.143 e. The van der Waals surface area contributed by atoms with E-state index in [-0.39, 0.29) is 0 Å². The normalized spacial score (nSPS) is 16.7. The predicted octanol–water partition coefficient (Wildman–Crippen LogP) is 3.16. The molecule has 0 amide bonds. The molecule has 32 heavy (non-hydrogen) atoms. The first-order valence-corrected chi connectivity index (χ1v) is 11.1. The first-order valence-electron chi connectivity index (χ1n) is 11.1. The van der Waals surface area contributed by atoms with Crippen molar-refractivity contribution in [3.8, 4) is 11.3 Å². The number of aromatic nitrogens is 6. The predicted molar refractivity (Wildman–Crippen MR) is 123 cm³/mol. The van der Waals surface area contributed by atoms with E-state index in [4.69, 9.17) is 9.97 Å².